The van der Waals surface area contributed by atoms with Crippen molar-refractivity contribution in [3.8, 4) is 0 Å². The molecular formula is C26H27N3O4. The van der Waals surface area contributed by atoms with E-state index in [-0.39, 0.29) is 18.5 Å². The largest absolute Gasteiger partial charge is 0.431 e. The highest BCUT2D eigenvalue weighted by Crippen LogP contribution is 2.36. The van der Waals surface area contributed by atoms with Gasteiger partial charge in [-0.1, -0.05) is 42.0 Å². The number of aryl methyl sites for hydroxylation is 1. The van der Waals surface area contributed by atoms with Crippen LogP contribution in [0.5, 0.6) is 0 Å². The zero-order valence-electron chi connectivity index (χ0n) is 18.8. The summed E-state index contributed by atoms with van der Waals surface area (Å²) in [5.74, 6) is -0.297. The molecule has 2 heterocycles. The Balaban J connectivity index is 1.36. The van der Waals surface area contributed by atoms with Crippen LogP contribution >= 0.6 is 0 Å². The summed E-state index contributed by atoms with van der Waals surface area (Å²) < 4.78 is 5.44. The molecule has 2 aromatic carbocycles. The van der Waals surface area contributed by atoms with Crippen LogP contribution in [0.15, 0.2) is 54.7 Å². The minimum Gasteiger partial charge on any atom is -0.431 e. The van der Waals surface area contributed by atoms with E-state index in [1.54, 1.807) is 11.1 Å². The zero-order chi connectivity index (χ0) is 23.1. The maximum Gasteiger partial charge on any atom is 0.418 e. The number of H-pyrrole nitrogens is 1. The molecule has 0 bridgehead atoms. The lowest BCUT2D eigenvalue weighted by molar-refractivity contribution is -0.140. The van der Waals surface area contributed by atoms with Crippen LogP contribution in [-0.4, -0.2) is 45.3 Å². The number of carbonyl (C=O) groups excluding carboxylic acids is 3. The van der Waals surface area contributed by atoms with Gasteiger partial charge in [-0.25, -0.2) is 9.69 Å². The number of amides is 3. The molecule has 2 fully saturated rings. The van der Waals surface area contributed by atoms with Crippen LogP contribution in [0.1, 0.15) is 42.6 Å². The summed E-state index contributed by atoms with van der Waals surface area (Å²) >= 11 is 0. The van der Waals surface area contributed by atoms with Crippen molar-refractivity contribution in [2.75, 3.05) is 6.54 Å². The summed E-state index contributed by atoms with van der Waals surface area (Å²) in [6, 6.07) is 15.7. The molecule has 2 atom stereocenters. The zero-order valence-corrected chi connectivity index (χ0v) is 18.8. The monoisotopic (exact) mass is 445 g/mol. The Bertz CT molecular complexity index is 1210. The van der Waals surface area contributed by atoms with E-state index in [9.17, 15) is 14.4 Å². The molecule has 2 aliphatic rings. The second-order valence-electron chi connectivity index (χ2n) is 9.07. The van der Waals surface area contributed by atoms with E-state index in [4.69, 9.17) is 4.74 Å². The van der Waals surface area contributed by atoms with Crippen LogP contribution in [0.4, 0.5) is 4.79 Å². The van der Waals surface area contributed by atoms with Gasteiger partial charge >= 0.3 is 6.09 Å². The number of hydrogen-bond donors (Lipinski definition) is 1. The number of nitrogens with zero attached hydrogens (tertiary/aromatic N) is 2. The molecule has 0 radical (unpaired) electrons. The molecule has 1 unspecified atom stereocenters. The summed E-state index contributed by atoms with van der Waals surface area (Å²) in [6.45, 7) is 4.13. The van der Waals surface area contributed by atoms with Crippen molar-refractivity contribution < 1.29 is 19.1 Å². The lowest BCUT2D eigenvalue weighted by Gasteiger charge is -2.30. The number of ether oxygens (including phenoxy) is 1. The van der Waals surface area contributed by atoms with E-state index in [0.717, 1.165) is 39.8 Å². The maximum atomic E-state index is 13.3. The number of nitrogens with one attached hydrogen (secondary N) is 1. The molecule has 1 aliphatic carbocycles. The molecule has 1 aliphatic heterocycles. The van der Waals surface area contributed by atoms with Gasteiger partial charge in [0.1, 0.15) is 6.54 Å². The van der Waals surface area contributed by atoms with E-state index in [2.05, 4.69) is 4.98 Å². The Morgan fingerprint density at radius 3 is 2.67 bits per heavy atom. The van der Waals surface area contributed by atoms with Gasteiger partial charge in [0.05, 0.1) is 0 Å². The first-order chi connectivity index (χ1) is 15.9. The van der Waals surface area contributed by atoms with Gasteiger partial charge in [-0.15, -0.1) is 0 Å². The molecular weight excluding hydrogens is 418 g/mol. The van der Waals surface area contributed by atoms with Gasteiger partial charge in [-0.05, 0) is 50.3 Å². The first-order valence-electron chi connectivity index (χ1n) is 11.4. The summed E-state index contributed by atoms with van der Waals surface area (Å²) in [5.41, 5.74) is 3.52. The Hall–Kier alpha value is -3.61. The second-order valence-corrected chi connectivity index (χ2v) is 9.07. The van der Waals surface area contributed by atoms with Crippen LogP contribution in [0.2, 0.25) is 0 Å². The number of fused-ring (bicyclic) bond motifs is 1. The average molecular weight is 446 g/mol. The minimum absolute atomic E-state index is 0.0406. The fourth-order valence-electron chi connectivity index (χ4n) is 4.56. The predicted octanol–water partition coefficient (Wildman–Crippen LogP) is 4.32. The van der Waals surface area contributed by atoms with Gasteiger partial charge in [0.25, 0.3) is 5.91 Å². The Morgan fingerprint density at radius 2 is 1.94 bits per heavy atom. The van der Waals surface area contributed by atoms with E-state index < -0.39 is 18.1 Å². The van der Waals surface area contributed by atoms with Crippen molar-refractivity contribution in [3.05, 3.63) is 71.4 Å². The lowest BCUT2D eigenvalue weighted by Crippen LogP contribution is -2.46. The van der Waals surface area contributed by atoms with Crippen molar-refractivity contribution in [1.29, 1.82) is 0 Å². The SMILES string of the molecule is Cc1ccc2[nH]cc(C3OC(=O)N(CC(=O)N(Cc4ccccc4)[C@@H](C)C4CC4)C3=O)c2c1. The number of hydrogen-bond acceptors (Lipinski definition) is 4. The number of carbonyl (C=O) groups is 3. The smallest absolute Gasteiger partial charge is 0.418 e. The van der Waals surface area contributed by atoms with Gasteiger partial charge in [0, 0.05) is 35.2 Å². The lowest BCUT2D eigenvalue weighted by atomic mass is 10.1. The summed E-state index contributed by atoms with van der Waals surface area (Å²) in [5, 5.41) is 0.836. The Morgan fingerprint density at radius 1 is 1.18 bits per heavy atom. The van der Waals surface area contributed by atoms with E-state index in [1.807, 2.05) is 62.4 Å². The number of rotatable bonds is 7. The minimum atomic E-state index is -1.05. The molecule has 1 aromatic heterocycles. The molecule has 0 spiro atoms. The third-order valence-corrected chi connectivity index (χ3v) is 6.69. The third kappa shape index (κ3) is 4.11. The van der Waals surface area contributed by atoms with Crippen LogP contribution in [-0.2, 0) is 20.9 Å². The van der Waals surface area contributed by atoms with E-state index >= 15 is 0 Å². The normalized spacial score (nSPS) is 19.1. The highest BCUT2D eigenvalue weighted by molar-refractivity contribution is 6.05. The van der Waals surface area contributed by atoms with Gasteiger partial charge in [0.15, 0.2) is 0 Å². The topological polar surface area (TPSA) is 82.7 Å². The first-order valence-corrected chi connectivity index (χ1v) is 11.4. The molecule has 1 saturated carbocycles. The van der Waals surface area contributed by atoms with Gasteiger partial charge in [-0.2, -0.15) is 0 Å². The number of cyclic esters (lactones) is 1. The fourth-order valence-corrected chi connectivity index (χ4v) is 4.56. The molecule has 170 valence electrons. The van der Waals surface area contributed by atoms with Crippen LogP contribution in [0.25, 0.3) is 10.9 Å². The number of aromatic nitrogens is 1. The van der Waals surface area contributed by atoms with E-state index in [0.29, 0.717) is 18.0 Å². The highest BCUT2D eigenvalue weighted by Gasteiger charge is 2.44. The molecule has 1 N–H and O–H groups in total. The van der Waals surface area contributed by atoms with Gasteiger partial charge in [-0.3, -0.25) is 9.59 Å². The second kappa shape index (κ2) is 8.39. The van der Waals surface area contributed by atoms with Crippen LogP contribution in [0.3, 0.4) is 0 Å². The van der Waals surface area contributed by atoms with Crippen LogP contribution in [0, 0.1) is 12.8 Å². The third-order valence-electron chi connectivity index (χ3n) is 6.69. The van der Waals surface area contributed by atoms with Crippen LogP contribution < -0.4 is 0 Å². The maximum absolute atomic E-state index is 13.3. The predicted molar refractivity (Wildman–Crippen MR) is 123 cm³/mol. The Labute approximate surface area is 192 Å². The highest BCUT2D eigenvalue weighted by atomic mass is 16.6. The van der Waals surface area contributed by atoms with Crippen molar-refractivity contribution in [3.63, 3.8) is 0 Å². The molecule has 7 nitrogen and oxygen atoms in total. The van der Waals surface area contributed by atoms with Gasteiger partial charge in [0.2, 0.25) is 12.0 Å². The summed E-state index contributed by atoms with van der Waals surface area (Å²) in [4.78, 5) is 45.0. The number of imide groups is 1. The molecule has 3 amide bonds. The molecule has 5 rings (SSSR count). The van der Waals surface area contributed by atoms with Crippen molar-refractivity contribution in [2.45, 2.75) is 45.4 Å². The molecule has 7 heteroatoms. The van der Waals surface area contributed by atoms with Gasteiger partial charge < -0.3 is 14.6 Å². The van der Waals surface area contributed by atoms with Crippen molar-refractivity contribution in [2.24, 2.45) is 5.92 Å². The summed E-state index contributed by atoms with van der Waals surface area (Å²) in [7, 11) is 0. The quantitative estimate of drug-likeness (QED) is 0.587. The standard InChI is InChI=1S/C26H27N3O4/c1-16-8-11-22-20(12-16)21(13-27-22)24-25(31)29(26(32)33-24)15-23(30)28(17(2)19-9-10-19)14-18-6-4-3-5-7-18/h3-8,11-13,17,19,24,27H,9-10,14-15H2,1-2H3/t17-,24?/m0/s1. The molecule has 3 aromatic rings. The fraction of sp³-hybridized carbons (Fsp3) is 0.346. The Kier molecular flexibility index (Phi) is 5.40. The molecule has 33 heavy (non-hydrogen) atoms. The molecule has 1 saturated heterocycles. The van der Waals surface area contributed by atoms with E-state index in [1.165, 1.54) is 0 Å². The summed E-state index contributed by atoms with van der Waals surface area (Å²) in [6.07, 6.45) is 2.05. The van der Waals surface area contributed by atoms with Crippen molar-refractivity contribution in [1.82, 2.24) is 14.8 Å². The number of benzene rings is 2. The van der Waals surface area contributed by atoms with Crippen molar-refractivity contribution >= 4 is 28.8 Å². The first kappa shape index (κ1) is 21.2. The number of aromatic amines is 1. The average Bonchev–Trinajstić information content (AvgIpc) is 3.53.